The number of nitrogens with zero attached hydrogens (tertiary/aromatic N) is 3. The first-order valence-corrected chi connectivity index (χ1v) is 10.7. The highest BCUT2D eigenvalue weighted by molar-refractivity contribution is 6.03. The monoisotopic (exact) mass is 471 g/mol. The van der Waals surface area contributed by atoms with Crippen LogP contribution in [0.4, 0.5) is 17.6 Å². The van der Waals surface area contributed by atoms with Gasteiger partial charge in [-0.05, 0) is 30.9 Å². The van der Waals surface area contributed by atoms with Gasteiger partial charge in [-0.3, -0.25) is 9.59 Å². The Hall–Kier alpha value is -2.76. The highest BCUT2D eigenvalue weighted by Gasteiger charge is 2.57. The Balaban J connectivity index is 1.61. The Labute approximate surface area is 186 Å². The Morgan fingerprint density at radius 1 is 1.33 bits per heavy atom. The van der Waals surface area contributed by atoms with E-state index < -0.39 is 60.5 Å². The van der Waals surface area contributed by atoms with Crippen LogP contribution >= 0.6 is 0 Å². The van der Waals surface area contributed by atoms with E-state index in [1.165, 1.54) is 22.8 Å². The maximum Gasteiger partial charge on any atom is 0.322 e. The minimum absolute atomic E-state index is 0.152. The van der Waals surface area contributed by atoms with Crippen LogP contribution in [0.1, 0.15) is 49.5 Å². The number of hydrogen-bond donors (Lipinski definition) is 2. The van der Waals surface area contributed by atoms with Crippen LogP contribution in [0.5, 0.6) is 0 Å². The molecule has 0 spiro atoms. The van der Waals surface area contributed by atoms with E-state index in [0.717, 1.165) is 7.11 Å². The second-order valence-corrected chi connectivity index (χ2v) is 9.00. The third-order valence-corrected chi connectivity index (χ3v) is 6.48. The summed E-state index contributed by atoms with van der Waals surface area (Å²) in [6, 6.07) is 2.29. The number of nitrogens with two attached hydrogens (primary N) is 1. The molecule has 3 N–H and O–H groups in total. The Morgan fingerprint density at radius 2 is 2.09 bits per heavy atom. The number of amides is 1. The molecule has 2 fully saturated rings. The van der Waals surface area contributed by atoms with E-state index in [9.17, 15) is 27.2 Å². The summed E-state index contributed by atoms with van der Waals surface area (Å²) in [5, 5.41) is 6.39. The van der Waals surface area contributed by atoms with Crippen molar-refractivity contribution in [1.82, 2.24) is 19.9 Å². The zero-order chi connectivity index (χ0) is 24.0. The molecule has 1 aliphatic heterocycles. The highest BCUT2D eigenvalue weighted by Crippen LogP contribution is 2.42. The molecule has 0 bridgehead atoms. The molecule has 8 nitrogen and oxygen atoms in total. The summed E-state index contributed by atoms with van der Waals surface area (Å²) >= 11 is 0. The highest BCUT2D eigenvalue weighted by atomic mass is 19.3. The van der Waals surface area contributed by atoms with Gasteiger partial charge in [-0.1, -0.05) is 0 Å². The molecular weight excluding hydrogens is 446 g/mol. The lowest BCUT2D eigenvalue weighted by atomic mass is 9.74. The lowest BCUT2D eigenvalue weighted by Gasteiger charge is -2.37. The van der Waals surface area contributed by atoms with Gasteiger partial charge in [-0.15, -0.1) is 0 Å². The summed E-state index contributed by atoms with van der Waals surface area (Å²) in [5.74, 6) is -8.41. The summed E-state index contributed by atoms with van der Waals surface area (Å²) in [6.45, 7) is -0.861. The number of halogens is 4. The molecule has 2 unspecified atom stereocenters. The smallest absolute Gasteiger partial charge is 0.322 e. The van der Waals surface area contributed by atoms with Crippen molar-refractivity contribution in [1.29, 1.82) is 0 Å². The van der Waals surface area contributed by atoms with Gasteiger partial charge in [0.15, 0.2) is 11.1 Å². The summed E-state index contributed by atoms with van der Waals surface area (Å²) in [5.41, 5.74) is 5.04. The average Bonchev–Trinajstić information content (AvgIpc) is 3.17. The third kappa shape index (κ3) is 4.53. The number of hydrogen-bond acceptors (Lipinski definition) is 6. The number of rotatable bonds is 5. The molecule has 1 saturated carbocycles. The first-order valence-electron chi connectivity index (χ1n) is 10.7. The second kappa shape index (κ2) is 8.23. The topological polar surface area (TPSA) is 112 Å². The SMILES string of the molecule is COC(=O)[C@@]1(Cc2ccc3nc(C(N)C4CCCC(F)(F)C4)cn3n2)CC(F)(F)CNC1=O. The van der Waals surface area contributed by atoms with Crippen LogP contribution in [0.3, 0.4) is 0 Å². The van der Waals surface area contributed by atoms with Gasteiger partial charge in [0.25, 0.3) is 5.92 Å². The zero-order valence-corrected chi connectivity index (χ0v) is 18.0. The number of alkyl halides is 4. The standard InChI is InChI=1S/C21H25F4N5O3/c1-33-18(32)19(10-21(24,25)11-27-17(19)31)8-13-4-5-15-28-14(9-30(15)29-13)16(26)12-3-2-6-20(22,23)7-12/h4-5,9,12,16H,2-3,6-8,10-11,26H2,1H3,(H,27,31)/t12?,16?,19-/m0/s1. The number of fused-ring (bicyclic) bond motifs is 1. The lowest BCUT2D eigenvalue weighted by Crippen LogP contribution is -2.59. The molecule has 12 heteroatoms. The van der Waals surface area contributed by atoms with Crippen LogP contribution in [0.25, 0.3) is 5.65 Å². The Kier molecular flexibility index (Phi) is 5.83. The fraction of sp³-hybridized carbons (Fsp3) is 0.619. The van der Waals surface area contributed by atoms with Crippen LogP contribution in [-0.2, 0) is 20.7 Å². The van der Waals surface area contributed by atoms with Crippen molar-refractivity contribution in [2.75, 3.05) is 13.7 Å². The number of methoxy groups -OCH3 is 1. The van der Waals surface area contributed by atoms with E-state index in [4.69, 9.17) is 5.73 Å². The number of aromatic nitrogens is 3. The first kappa shape index (κ1) is 23.4. The van der Waals surface area contributed by atoms with E-state index >= 15 is 0 Å². The van der Waals surface area contributed by atoms with Gasteiger partial charge in [0.2, 0.25) is 11.8 Å². The van der Waals surface area contributed by atoms with E-state index in [1.807, 2.05) is 0 Å². The number of carbonyl (C=O) groups excluding carboxylic acids is 2. The molecule has 2 aromatic heterocycles. The van der Waals surface area contributed by atoms with Crippen molar-refractivity contribution in [3.05, 3.63) is 29.7 Å². The van der Waals surface area contributed by atoms with Gasteiger partial charge in [0, 0.05) is 25.7 Å². The normalized spacial score (nSPS) is 27.7. The van der Waals surface area contributed by atoms with Gasteiger partial charge in [0.05, 0.1) is 37.3 Å². The molecule has 3 atom stereocenters. The molecular formula is C21H25F4N5O3. The first-order chi connectivity index (χ1) is 15.4. The number of nitrogens with one attached hydrogen (secondary N) is 1. The lowest BCUT2D eigenvalue weighted by molar-refractivity contribution is -0.172. The van der Waals surface area contributed by atoms with Gasteiger partial charge in [-0.2, -0.15) is 5.10 Å². The third-order valence-electron chi connectivity index (χ3n) is 6.48. The predicted octanol–water partition coefficient (Wildman–Crippen LogP) is 2.41. The molecule has 0 aromatic carbocycles. The largest absolute Gasteiger partial charge is 0.468 e. The summed E-state index contributed by atoms with van der Waals surface area (Å²) in [4.78, 5) is 29.3. The maximum absolute atomic E-state index is 14.1. The van der Waals surface area contributed by atoms with Crippen molar-refractivity contribution in [3.63, 3.8) is 0 Å². The maximum atomic E-state index is 14.1. The molecule has 4 rings (SSSR count). The van der Waals surface area contributed by atoms with Crippen LogP contribution < -0.4 is 11.1 Å². The fourth-order valence-corrected chi connectivity index (χ4v) is 4.80. The number of ether oxygens (including phenoxy) is 1. The average molecular weight is 471 g/mol. The van der Waals surface area contributed by atoms with Gasteiger partial charge in [-0.25, -0.2) is 27.1 Å². The van der Waals surface area contributed by atoms with E-state index in [2.05, 4.69) is 20.1 Å². The van der Waals surface area contributed by atoms with E-state index in [-0.39, 0.29) is 18.5 Å². The van der Waals surface area contributed by atoms with Gasteiger partial charge in [0.1, 0.15) is 0 Å². The molecule has 1 amide bonds. The number of imidazole rings is 1. The number of esters is 1. The molecule has 1 aliphatic carbocycles. The molecule has 3 heterocycles. The van der Waals surface area contributed by atoms with Crippen molar-refractivity contribution in [2.24, 2.45) is 17.1 Å². The predicted molar refractivity (Wildman–Crippen MR) is 108 cm³/mol. The van der Waals surface area contributed by atoms with E-state index in [0.29, 0.717) is 24.2 Å². The Morgan fingerprint density at radius 3 is 2.79 bits per heavy atom. The molecule has 2 aliphatic rings. The quantitative estimate of drug-likeness (QED) is 0.394. The molecule has 33 heavy (non-hydrogen) atoms. The Bertz CT molecular complexity index is 1070. The second-order valence-electron chi connectivity index (χ2n) is 9.00. The van der Waals surface area contributed by atoms with Crippen LogP contribution in [0.2, 0.25) is 0 Å². The van der Waals surface area contributed by atoms with E-state index in [1.54, 1.807) is 0 Å². The van der Waals surface area contributed by atoms with Crippen LogP contribution in [-0.4, -0.2) is 52.0 Å². The molecule has 2 aromatic rings. The summed E-state index contributed by atoms with van der Waals surface area (Å²) in [7, 11) is 1.03. The van der Waals surface area contributed by atoms with Crippen molar-refractivity contribution in [3.8, 4) is 0 Å². The van der Waals surface area contributed by atoms with Gasteiger partial charge >= 0.3 is 5.97 Å². The van der Waals surface area contributed by atoms with Crippen LogP contribution in [0, 0.1) is 11.3 Å². The summed E-state index contributed by atoms with van der Waals surface area (Å²) in [6.07, 6.45) is 0.556. The number of carbonyl (C=O) groups is 2. The minimum Gasteiger partial charge on any atom is -0.468 e. The minimum atomic E-state index is -3.29. The molecule has 180 valence electrons. The molecule has 1 saturated heterocycles. The van der Waals surface area contributed by atoms with Crippen molar-refractivity contribution >= 4 is 17.5 Å². The van der Waals surface area contributed by atoms with Crippen molar-refractivity contribution < 1.29 is 31.9 Å². The van der Waals surface area contributed by atoms with Gasteiger partial charge < -0.3 is 15.8 Å². The molecule has 0 radical (unpaired) electrons. The fourth-order valence-electron chi connectivity index (χ4n) is 4.80. The summed E-state index contributed by atoms with van der Waals surface area (Å²) < 4.78 is 61.9. The zero-order valence-electron chi connectivity index (χ0n) is 18.0. The van der Waals surface area contributed by atoms with Crippen LogP contribution in [0.15, 0.2) is 18.3 Å². The number of piperidine rings is 1. The van der Waals surface area contributed by atoms with Crippen molar-refractivity contribution in [2.45, 2.75) is 56.4 Å².